The molecule has 0 aromatic heterocycles. The summed E-state index contributed by atoms with van der Waals surface area (Å²) in [4.78, 5) is 0. The molecule has 2 aromatic carbocycles. The second kappa shape index (κ2) is 7.52. The number of ether oxygens (including phenoxy) is 1. The lowest BCUT2D eigenvalue weighted by Gasteiger charge is -2.09. The van der Waals surface area contributed by atoms with Crippen LogP contribution in [0.25, 0.3) is 0 Å². The third kappa shape index (κ3) is 4.37. The average molecular weight is 280 g/mol. The van der Waals surface area contributed by atoms with Gasteiger partial charge in [0.15, 0.2) is 0 Å². The van der Waals surface area contributed by atoms with Crippen molar-refractivity contribution in [2.24, 2.45) is 0 Å². The predicted molar refractivity (Wildman–Crippen MR) is 85.3 cm³/mol. The Bertz CT molecular complexity index is 663. The molecule has 0 heterocycles. The van der Waals surface area contributed by atoms with Crippen LogP contribution in [0.1, 0.15) is 28.7 Å². The zero-order chi connectivity index (χ0) is 15.1. The van der Waals surface area contributed by atoms with Gasteiger partial charge in [0.25, 0.3) is 0 Å². The van der Waals surface area contributed by atoms with E-state index in [-0.39, 0.29) is 6.61 Å². The standard InChI is InChI=1S/C19H20O2/c1-15-10-11-17(13-16(15)2)14-21-19-9-4-3-7-18(19)8-5-6-12-20/h3-4,7,9-11,13,20H,6,12,14H2,1-2H3. The first kappa shape index (κ1) is 15.2. The molecule has 0 saturated heterocycles. The molecule has 0 aliphatic heterocycles. The fourth-order valence-corrected chi connectivity index (χ4v) is 1.96. The third-order valence-corrected chi connectivity index (χ3v) is 3.31. The molecule has 0 aliphatic rings. The van der Waals surface area contributed by atoms with Gasteiger partial charge in [-0.3, -0.25) is 0 Å². The SMILES string of the molecule is Cc1ccc(COc2ccccc2C#CCCO)cc1C. The van der Waals surface area contributed by atoms with E-state index >= 15 is 0 Å². The van der Waals surface area contributed by atoms with Crippen LogP contribution in [0, 0.1) is 25.7 Å². The quantitative estimate of drug-likeness (QED) is 0.867. The molecule has 0 aliphatic carbocycles. The molecule has 0 unspecified atom stereocenters. The van der Waals surface area contributed by atoms with Gasteiger partial charge in [-0.1, -0.05) is 42.2 Å². The molecule has 0 saturated carbocycles. The molecular weight excluding hydrogens is 260 g/mol. The van der Waals surface area contributed by atoms with Crippen molar-refractivity contribution in [2.45, 2.75) is 26.9 Å². The molecule has 0 bridgehead atoms. The second-order valence-corrected chi connectivity index (χ2v) is 4.98. The summed E-state index contributed by atoms with van der Waals surface area (Å²) in [7, 11) is 0. The van der Waals surface area contributed by atoms with Crippen LogP contribution in [0.15, 0.2) is 42.5 Å². The number of hydrogen-bond donors (Lipinski definition) is 1. The van der Waals surface area contributed by atoms with Crippen molar-refractivity contribution in [1.82, 2.24) is 0 Å². The summed E-state index contributed by atoms with van der Waals surface area (Å²) in [5, 5.41) is 8.78. The van der Waals surface area contributed by atoms with Gasteiger partial charge in [0.1, 0.15) is 12.4 Å². The molecule has 0 spiro atoms. The third-order valence-electron chi connectivity index (χ3n) is 3.31. The smallest absolute Gasteiger partial charge is 0.135 e. The van der Waals surface area contributed by atoms with Crippen LogP contribution in [0.4, 0.5) is 0 Å². The van der Waals surface area contributed by atoms with E-state index in [0.717, 1.165) is 16.9 Å². The fraction of sp³-hybridized carbons (Fsp3) is 0.263. The van der Waals surface area contributed by atoms with Crippen molar-refractivity contribution in [3.63, 3.8) is 0 Å². The van der Waals surface area contributed by atoms with Crippen molar-refractivity contribution >= 4 is 0 Å². The monoisotopic (exact) mass is 280 g/mol. The molecule has 0 fully saturated rings. The number of benzene rings is 2. The first-order valence-corrected chi connectivity index (χ1v) is 7.08. The van der Waals surface area contributed by atoms with Crippen molar-refractivity contribution in [2.75, 3.05) is 6.61 Å². The Hall–Kier alpha value is -2.24. The van der Waals surface area contributed by atoms with E-state index in [1.165, 1.54) is 11.1 Å². The molecule has 108 valence electrons. The molecule has 2 aromatic rings. The minimum absolute atomic E-state index is 0.0820. The Morgan fingerprint density at radius 1 is 1.05 bits per heavy atom. The van der Waals surface area contributed by atoms with E-state index < -0.39 is 0 Å². The predicted octanol–water partition coefficient (Wildman–Crippen LogP) is 3.62. The summed E-state index contributed by atoms with van der Waals surface area (Å²) in [6.45, 7) is 4.82. The van der Waals surface area contributed by atoms with Gasteiger partial charge in [0, 0.05) is 6.42 Å². The topological polar surface area (TPSA) is 29.5 Å². The normalized spacial score (nSPS) is 9.86. The van der Waals surface area contributed by atoms with E-state index in [4.69, 9.17) is 9.84 Å². The lowest BCUT2D eigenvalue weighted by Crippen LogP contribution is -1.98. The van der Waals surface area contributed by atoms with E-state index in [1.54, 1.807) is 0 Å². The summed E-state index contributed by atoms with van der Waals surface area (Å²) in [5.41, 5.74) is 4.56. The van der Waals surface area contributed by atoms with Crippen LogP contribution in [0.3, 0.4) is 0 Å². The minimum Gasteiger partial charge on any atom is -0.488 e. The lowest BCUT2D eigenvalue weighted by atomic mass is 10.1. The Kier molecular flexibility index (Phi) is 5.43. The summed E-state index contributed by atoms with van der Waals surface area (Å²) < 4.78 is 5.88. The van der Waals surface area contributed by atoms with Gasteiger partial charge in [-0.05, 0) is 42.7 Å². The van der Waals surface area contributed by atoms with Crippen LogP contribution in [-0.2, 0) is 6.61 Å². The average Bonchev–Trinajstić information content (AvgIpc) is 2.50. The van der Waals surface area contributed by atoms with Gasteiger partial charge < -0.3 is 9.84 Å². The maximum atomic E-state index is 8.78. The maximum absolute atomic E-state index is 8.78. The highest BCUT2D eigenvalue weighted by Crippen LogP contribution is 2.19. The van der Waals surface area contributed by atoms with Gasteiger partial charge in [0.2, 0.25) is 0 Å². The van der Waals surface area contributed by atoms with E-state index in [0.29, 0.717) is 13.0 Å². The van der Waals surface area contributed by atoms with Crippen LogP contribution in [0.2, 0.25) is 0 Å². The summed E-state index contributed by atoms with van der Waals surface area (Å²) in [6.07, 6.45) is 0.478. The molecule has 0 atom stereocenters. The molecule has 0 amide bonds. The van der Waals surface area contributed by atoms with E-state index in [9.17, 15) is 0 Å². The number of para-hydroxylation sites is 1. The van der Waals surface area contributed by atoms with Gasteiger partial charge in [0.05, 0.1) is 12.2 Å². The molecule has 0 radical (unpaired) electrons. The van der Waals surface area contributed by atoms with Gasteiger partial charge in [-0.2, -0.15) is 0 Å². The summed E-state index contributed by atoms with van der Waals surface area (Å²) in [5.74, 6) is 6.74. The first-order valence-electron chi connectivity index (χ1n) is 7.08. The molecule has 2 rings (SSSR count). The fourth-order valence-electron chi connectivity index (χ4n) is 1.96. The van der Waals surface area contributed by atoms with Crippen LogP contribution in [0.5, 0.6) is 5.75 Å². The zero-order valence-corrected chi connectivity index (χ0v) is 12.5. The summed E-state index contributed by atoms with van der Waals surface area (Å²) in [6, 6.07) is 14.1. The highest BCUT2D eigenvalue weighted by atomic mass is 16.5. The van der Waals surface area contributed by atoms with E-state index in [1.807, 2.05) is 24.3 Å². The minimum atomic E-state index is 0.0820. The molecule has 1 N–H and O–H groups in total. The van der Waals surface area contributed by atoms with Gasteiger partial charge in [-0.15, -0.1) is 0 Å². The molecule has 2 heteroatoms. The highest BCUT2D eigenvalue weighted by molar-refractivity contribution is 5.46. The van der Waals surface area contributed by atoms with Crippen molar-refractivity contribution in [3.8, 4) is 17.6 Å². The molecular formula is C19H20O2. The Morgan fingerprint density at radius 2 is 1.86 bits per heavy atom. The first-order chi connectivity index (χ1) is 10.2. The number of rotatable bonds is 4. The zero-order valence-electron chi connectivity index (χ0n) is 12.5. The maximum Gasteiger partial charge on any atom is 0.135 e. The van der Waals surface area contributed by atoms with Gasteiger partial charge >= 0.3 is 0 Å². The Morgan fingerprint density at radius 3 is 2.62 bits per heavy atom. The van der Waals surface area contributed by atoms with Crippen molar-refractivity contribution in [1.29, 1.82) is 0 Å². The van der Waals surface area contributed by atoms with E-state index in [2.05, 4.69) is 43.9 Å². The number of aliphatic hydroxyl groups excluding tert-OH is 1. The lowest BCUT2D eigenvalue weighted by molar-refractivity contribution is 0.304. The second-order valence-electron chi connectivity index (χ2n) is 4.98. The number of hydrogen-bond acceptors (Lipinski definition) is 2. The van der Waals surface area contributed by atoms with Crippen LogP contribution < -0.4 is 4.74 Å². The summed E-state index contributed by atoms with van der Waals surface area (Å²) >= 11 is 0. The Labute approximate surface area is 126 Å². The van der Waals surface area contributed by atoms with Crippen LogP contribution in [-0.4, -0.2) is 11.7 Å². The molecule has 21 heavy (non-hydrogen) atoms. The Balaban J connectivity index is 2.09. The molecule has 2 nitrogen and oxygen atoms in total. The highest BCUT2D eigenvalue weighted by Gasteiger charge is 2.02. The van der Waals surface area contributed by atoms with Gasteiger partial charge in [-0.25, -0.2) is 0 Å². The number of aliphatic hydroxyl groups is 1. The van der Waals surface area contributed by atoms with Crippen molar-refractivity contribution in [3.05, 3.63) is 64.7 Å². The van der Waals surface area contributed by atoms with Crippen LogP contribution >= 0.6 is 0 Å². The van der Waals surface area contributed by atoms with Crippen molar-refractivity contribution < 1.29 is 9.84 Å². The number of aryl methyl sites for hydroxylation is 2. The largest absolute Gasteiger partial charge is 0.488 e.